The summed E-state index contributed by atoms with van der Waals surface area (Å²) in [6, 6.07) is 7.69. The molecule has 0 radical (unpaired) electrons. The Balaban J connectivity index is 1.26. The number of aromatic nitrogens is 1. The van der Waals surface area contributed by atoms with Crippen LogP contribution in [0.25, 0.3) is 5.69 Å². The van der Waals surface area contributed by atoms with Crippen molar-refractivity contribution in [3.8, 4) is 17.2 Å². The second kappa shape index (κ2) is 12.5. The maximum absolute atomic E-state index is 12.7. The Morgan fingerprint density at radius 3 is 2.59 bits per heavy atom. The van der Waals surface area contributed by atoms with Crippen LogP contribution in [0.3, 0.4) is 0 Å². The first-order valence-corrected chi connectivity index (χ1v) is 13.6. The fourth-order valence-electron chi connectivity index (χ4n) is 4.49. The Hall–Kier alpha value is -3.02. The molecule has 4 rings (SSSR count). The smallest absolute Gasteiger partial charge is 0.426 e. The monoisotopic (exact) mass is 590 g/mol. The molecule has 37 heavy (non-hydrogen) atoms. The number of nitrogens with one attached hydrogen (secondary N) is 2. The average Bonchev–Trinajstić information content (AvgIpc) is 3.56. The van der Waals surface area contributed by atoms with E-state index in [9.17, 15) is 9.59 Å². The van der Waals surface area contributed by atoms with Crippen molar-refractivity contribution in [1.29, 1.82) is 0 Å². The first-order valence-electron chi connectivity index (χ1n) is 12.0. The summed E-state index contributed by atoms with van der Waals surface area (Å²) in [6.45, 7) is 4.72. The molecule has 11 heteroatoms. The number of rotatable bonds is 8. The highest BCUT2D eigenvalue weighted by Gasteiger charge is 2.23. The third-order valence-corrected chi connectivity index (χ3v) is 8.11. The molecule has 0 spiro atoms. The van der Waals surface area contributed by atoms with E-state index in [0.717, 1.165) is 53.8 Å². The van der Waals surface area contributed by atoms with Crippen LogP contribution >= 0.6 is 27.3 Å². The highest BCUT2D eigenvalue weighted by atomic mass is 79.9. The van der Waals surface area contributed by atoms with Gasteiger partial charge in [0.25, 0.3) is 5.91 Å². The molecule has 2 N–H and O–H groups in total. The largest absolute Gasteiger partial charge is 0.493 e. The quantitative estimate of drug-likeness (QED) is 0.362. The number of piperidine rings is 1. The van der Waals surface area contributed by atoms with Crippen LogP contribution in [-0.4, -0.2) is 55.4 Å². The molecular formula is C26H31BrN4O5S. The summed E-state index contributed by atoms with van der Waals surface area (Å²) in [5.41, 5.74) is 7.72. The van der Waals surface area contributed by atoms with Gasteiger partial charge in [0.05, 0.1) is 26.5 Å². The van der Waals surface area contributed by atoms with Gasteiger partial charge in [0.2, 0.25) is 0 Å². The van der Waals surface area contributed by atoms with Crippen molar-refractivity contribution < 1.29 is 23.8 Å². The molecule has 3 heterocycles. The van der Waals surface area contributed by atoms with Gasteiger partial charge in [0.1, 0.15) is 4.88 Å². The number of nitrogens with zero attached hydrogens (tertiary/aromatic N) is 2. The molecule has 2 aromatic heterocycles. The van der Waals surface area contributed by atoms with E-state index in [4.69, 9.17) is 14.2 Å². The summed E-state index contributed by atoms with van der Waals surface area (Å²) in [6.07, 6.45) is 5.06. The molecule has 3 aromatic rings. The number of hydrazine groups is 1. The summed E-state index contributed by atoms with van der Waals surface area (Å²) in [7, 11) is 3.24. The molecule has 1 aliphatic heterocycles. The fourth-order valence-corrected chi connectivity index (χ4v) is 5.88. The van der Waals surface area contributed by atoms with Gasteiger partial charge in [0, 0.05) is 35.9 Å². The number of aryl methyl sites for hydroxylation is 1. The molecule has 0 aliphatic carbocycles. The molecule has 1 aromatic carbocycles. The number of hydrogen-bond acceptors (Lipinski definition) is 7. The fraction of sp³-hybridized carbons (Fsp3) is 0.385. The first kappa shape index (κ1) is 27.0. The zero-order chi connectivity index (χ0) is 26.4. The van der Waals surface area contributed by atoms with Gasteiger partial charge < -0.3 is 18.8 Å². The van der Waals surface area contributed by atoms with E-state index in [0.29, 0.717) is 16.4 Å². The lowest BCUT2D eigenvalue weighted by molar-refractivity contribution is 0.0793. The van der Waals surface area contributed by atoms with Crippen molar-refractivity contribution in [2.75, 3.05) is 33.9 Å². The highest BCUT2D eigenvalue weighted by molar-refractivity contribution is 9.10. The van der Waals surface area contributed by atoms with Crippen LogP contribution in [0, 0.1) is 12.8 Å². The molecule has 1 aliphatic rings. The Morgan fingerprint density at radius 1 is 1.14 bits per heavy atom. The number of amides is 2. The summed E-state index contributed by atoms with van der Waals surface area (Å²) in [5, 5.41) is 1.91. The Kier molecular flexibility index (Phi) is 9.12. The Bertz CT molecular complexity index is 1230. The normalized spacial score (nSPS) is 15.7. The van der Waals surface area contributed by atoms with Gasteiger partial charge in [-0.2, -0.15) is 0 Å². The summed E-state index contributed by atoms with van der Waals surface area (Å²) < 4.78 is 19.1. The van der Waals surface area contributed by atoms with E-state index in [1.165, 1.54) is 11.3 Å². The molecule has 1 unspecified atom stereocenters. The minimum atomic E-state index is -0.677. The maximum atomic E-state index is 12.7. The predicted molar refractivity (Wildman–Crippen MR) is 146 cm³/mol. The van der Waals surface area contributed by atoms with Crippen LogP contribution < -0.4 is 20.3 Å². The van der Waals surface area contributed by atoms with Crippen molar-refractivity contribution in [3.05, 3.63) is 62.5 Å². The van der Waals surface area contributed by atoms with Crippen molar-refractivity contribution in [2.24, 2.45) is 5.92 Å². The van der Waals surface area contributed by atoms with Gasteiger partial charge in [-0.3, -0.25) is 15.1 Å². The number of benzene rings is 1. The summed E-state index contributed by atoms with van der Waals surface area (Å²) >= 11 is 4.96. The van der Waals surface area contributed by atoms with Crippen LogP contribution in [-0.2, 0) is 11.3 Å². The van der Waals surface area contributed by atoms with Gasteiger partial charge in [0.15, 0.2) is 11.5 Å². The van der Waals surface area contributed by atoms with Crippen LogP contribution in [0.4, 0.5) is 4.79 Å². The van der Waals surface area contributed by atoms with E-state index in [1.54, 1.807) is 14.2 Å². The van der Waals surface area contributed by atoms with Gasteiger partial charge in [-0.25, -0.2) is 10.2 Å². The van der Waals surface area contributed by atoms with Crippen LogP contribution in [0.1, 0.15) is 33.6 Å². The number of ether oxygens (including phenoxy) is 3. The number of carbonyl (C=O) groups is 2. The number of carbonyl (C=O) groups excluding carboxylic acids is 2. The number of likely N-dealkylation sites (tertiary alicyclic amines) is 1. The minimum absolute atomic E-state index is 0.203. The molecule has 0 bridgehead atoms. The number of thiophene rings is 1. The molecule has 1 atom stereocenters. The van der Waals surface area contributed by atoms with E-state index >= 15 is 0 Å². The maximum Gasteiger partial charge on any atom is 0.426 e. The average molecular weight is 592 g/mol. The van der Waals surface area contributed by atoms with Gasteiger partial charge >= 0.3 is 6.09 Å². The number of methoxy groups -OCH3 is 2. The second-order valence-corrected chi connectivity index (χ2v) is 10.6. The van der Waals surface area contributed by atoms with Crippen molar-refractivity contribution in [3.63, 3.8) is 0 Å². The summed E-state index contributed by atoms with van der Waals surface area (Å²) in [5.74, 6) is 1.18. The van der Waals surface area contributed by atoms with Crippen LogP contribution in [0.5, 0.6) is 11.5 Å². The van der Waals surface area contributed by atoms with Gasteiger partial charge in [-0.1, -0.05) is 15.9 Å². The standard InChI is InChI=1S/C26H31BrN4O5S/c1-17-16-37-24(23(17)31-9-4-5-10-31)25(32)28-29-26(33)36-15-18-7-6-8-30(13-18)14-19-11-21(34-2)22(35-3)12-20(19)27/h4-5,9-12,16,18H,6-8,13-15H2,1-3H3,(H,28,32)(H,29,33). The molecule has 1 fully saturated rings. The van der Waals surface area contributed by atoms with E-state index in [1.807, 2.05) is 53.5 Å². The first-order chi connectivity index (χ1) is 17.9. The zero-order valence-electron chi connectivity index (χ0n) is 21.1. The lowest BCUT2D eigenvalue weighted by Crippen LogP contribution is -2.43. The number of halogens is 1. The third-order valence-electron chi connectivity index (χ3n) is 6.29. The molecule has 1 saturated heterocycles. The second-order valence-electron chi connectivity index (χ2n) is 8.91. The van der Waals surface area contributed by atoms with Gasteiger partial charge in [-0.05, 0) is 67.1 Å². The third kappa shape index (κ3) is 6.65. The zero-order valence-corrected chi connectivity index (χ0v) is 23.5. The predicted octanol–water partition coefficient (Wildman–Crippen LogP) is 4.91. The van der Waals surface area contributed by atoms with Crippen molar-refractivity contribution in [2.45, 2.75) is 26.3 Å². The summed E-state index contributed by atoms with van der Waals surface area (Å²) in [4.78, 5) is 27.8. The van der Waals surface area contributed by atoms with Gasteiger partial charge in [-0.15, -0.1) is 11.3 Å². The minimum Gasteiger partial charge on any atom is -0.493 e. The highest BCUT2D eigenvalue weighted by Crippen LogP contribution is 2.34. The SMILES string of the molecule is COc1cc(Br)c(CN2CCCC(COC(=O)NNC(=O)c3scc(C)c3-n3cccc3)C2)cc1OC. The molecular weight excluding hydrogens is 560 g/mol. The van der Waals surface area contributed by atoms with E-state index in [2.05, 4.69) is 31.7 Å². The number of hydrogen-bond donors (Lipinski definition) is 2. The Morgan fingerprint density at radius 2 is 1.86 bits per heavy atom. The molecule has 9 nitrogen and oxygen atoms in total. The molecule has 2 amide bonds. The van der Waals surface area contributed by atoms with E-state index in [-0.39, 0.29) is 18.4 Å². The van der Waals surface area contributed by atoms with Crippen molar-refractivity contribution in [1.82, 2.24) is 20.3 Å². The topological polar surface area (TPSA) is 94.1 Å². The van der Waals surface area contributed by atoms with E-state index < -0.39 is 6.09 Å². The lowest BCUT2D eigenvalue weighted by atomic mass is 9.98. The molecule has 198 valence electrons. The van der Waals surface area contributed by atoms with Crippen LogP contribution in [0.15, 0.2) is 46.5 Å². The lowest BCUT2D eigenvalue weighted by Gasteiger charge is -2.32. The van der Waals surface area contributed by atoms with Crippen LogP contribution in [0.2, 0.25) is 0 Å². The molecule has 0 saturated carbocycles. The van der Waals surface area contributed by atoms with Crippen molar-refractivity contribution >= 4 is 39.3 Å². The Labute approximate surface area is 228 Å².